The average Bonchev–Trinajstić information content (AvgIpc) is 2.76. The molecule has 0 radical (unpaired) electrons. The molecule has 3 aromatic carbocycles. The molecule has 3 N–H and O–H groups in total. The third kappa shape index (κ3) is 3.70. The van der Waals surface area contributed by atoms with Crippen molar-refractivity contribution in [3.8, 4) is 23.1 Å². The standard InChI is InChI=1S/C22H20N4O3/c1-27-15-10-11-19(28-2)17(12-15)26-21-20(23)22(25-13-24-21)29-18-9-5-7-14-6-3-4-8-16(14)18/h3-13H,23H2,1-2H3,(H,24,25,26). The summed E-state index contributed by atoms with van der Waals surface area (Å²) in [6, 6.07) is 19.2. The quantitative estimate of drug-likeness (QED) is 0.492. The van der Waals surface area contributed by atoms with Crippen LogP contribution in [0.3, 0.4) is 0 Å². The van der Waals surface area contributed by atoms with Crippen molar-refractivity contribution in [1.82, 2.24) is 9.97 Å². The van der Waals surface area contributed by atoms with E-state index in [2.05, 4.69) is 15.3 Å². The summed E-state index contributed by atoms with van der Waals surface area (Å²) >= 11 is 0. The molecule has 29 heavy (non-hydrogen) atoms. The molecule has 7 heteroatoms. The van der Waals surface area contributed by atoms with Gasteiger partial charge in [0.1, 0.15) is 29.3 Å². The van der Waals surface area contributed by atoms with E-state index in [0.29, 0.717) is 28.8 Å². The molecule has 0 amide bonds. The van der Waals surface area contributed by atoms with Gasteiger partial charge in [0.2, 0.25) is 5.88 Å². The Morgan fingerprint density at radius 2 is 1.69 bits per heavy atom. The van der Waals surface area contributed by atoms with Crippen LogP contribution in [0, 0.1) is 0 Å². The second-order valence-electron chi connectivity index (χ2n) is 6.21. The number of aromatic nitrogens is 2. The van der Waals surface area contributed by atoms with Crippen molar-refractivity contribution in [3.63, 3.8) is 0 Å². The lowest BCUT2D eigenvalue weighted by Gasteiger charge is -2.15. The maximum absolute atomic E-state index is 6.30. The lowest BCUT2D eigenvalue weighted by atomic mass is 10.1. The Hall–Kier alpha value is -4.00. The summed E-state index contributed by atoms with van der Waals surface area (Å²) in [5.74, 6) is 2.63. The number of anilines is 3. The van der Waals surface area contributed by atoms with Gasteiger partial charge < -0.3 is 25.3 Å². The van der Waals surface area contributed by atoms with Gasteiger partial charge >= 0.3 is 0 Å². The first-order valence-corrected chi connectivity index (χ1v) is 8.94. The van der Waals surface area contributed by atoms with Crippen LogP contribution in [-0.4, -0.2) is 24.2 Å². The summed E-state index contributed by atoms with van der Waals surface area (Å²) in [5, 5.41) is 5.20. The molecule has 0 aliphatic carbocycles. The highest BCUT2D eigenvalue weighted by molar-refractivity contribution is 5.88. The van der Waals surface area contributed by atoms with Gasteiger partial charge in [-0.15, -0.1) is 0 Å². The van der Waals surface area contributed by atoms with E-state index in [-0.39, 0.29) is 11.6 Å². The zero-order chi connectivity index (χ0) is 20.2. The number of nitrogen functional groups attached to an aromatic ring is 1. The van der Waals surface area contributed by atoms with Crippen molar-refractivity contribution < 1.29 is 14.2 Å². The van der Waals surface area contributed by atoms with Crippen molar-refractivity contribution in [2.24, 2.45) is 0 Å². The van der Waals surface area contributed by atoms with E-state index >= 15 is 0 Å². The smallest absolute Gasteiger partial charge is 0.248 e. The molecule has 7 nitrogen and oxygen atoms in total. The number of rotatable bonds is 6. The monoisotopic (exact) mass is 388 g/mol. The number of hydrogen-bond acceptors (Lipinski definition) is 7. The minimum atomic E-state index is 0.265. The number of methoxy groups -OCH3 is 2. The number of ether oxygens (including phenoxy) is 3. The predicted molar refractivity (Wildman–Crippen MR) is 113 cm³/mol. The summed E-state index contributed by atoms with van der Waals surface area (Å²) in [7, 11) is 3.19. The van der Waals surface area contributed by atoms with Crippen molar-refractivity contribution in [1.29, 1.82) is 0 Å². The fourth-order valence-electron chi connectivity index (χ4n) is 2.99. The average molecular weight is 388 g/mol. The summed E-state index contributed by atoms with van der Waals surface area (Å²) < 4.78 is 16.7. The van der Waals surface area contributed by atoms with E-state index in [1.54, 1.807) is 26.4 Å². The highest BCUT2D eigenvalue weighted by atomic mass is 16.5. The van der Waals surface area contributed by atoms with Gasteiger partial charge in [0.15, 0.2) is 5.82 Å². The number of hydrogen-bond donors (Lipinski definition) is 2. The Bertz CT molecular complexity index is 1160. The number of nitrogens with two attached hydrogens (primary N) is 1. The van der Waals surface area contributed by atoms with Crippen LogP contribution >= 0.6 is 0 Å². The van der Waals surface area contributed by atoms with Gasteiger partial charge in [-0.05, 0) is 23.6 Å². The minimum Gasteiger partial charge on any atom is -0.497 e. The molecule has 0 unspecified atom stereocenters. The fraction of sp³-hybridized carbons (Fsp3) is 0.0909. The van der Waals surface area contributed by atoms with Crippen LogP contribution in [-0.2, 0) is 0 Å². The summed E-state index contributed by atoms with van der Waals surface area (Å²) in [6.45, 7) is 0. The van der Waals surface area contributed by atoms with Crippen LogP contribution in [0.5, 0.6) is 23.1 Å². The van der Waals surface area contributed by atoms with Gasteiger partial charge in [-0.2, -0.15) is 4.98 Å². The van der Waals surface area contributed by atoms with Gasteiger partial charge in [-0.3, -0.25) is 0 Å². The topological polar surface area (TPSA) is 91.5 Å². The summed E-state index contributed by atoms with van der Waals surface area (Å²) in [4.78, 5) is 8.45. The first-order chi connectivity index (χ1) is 14.2. The van der Waals surface area contributed by atoms with Crippen LogP contribution in [0.25, 0.3) is 10.8 Å². The largest absolute Gasteiger partial charge is 0.497 e. The van der Waals surface area contributed by atoms with Gasteiger partial charge in [0, 0.05) is 11.5 Å². The highest BCUT2D eigenvalue weighted by Crippen LogP contribution is 2.36. The molecule has 0 atom stereocenters. The van der Waals surface area contributed by atoms with Crippen molar-refractivity contribution >= 4 is 28.0 Å². The third-order valence-electron chi connectivity index (χ3n) is 4.46. The van der Waals surface area contributed by atoms with Gasteiger partial charge in [0.05, 0.1) is 19.9 Å². The number of nitrogens with one attached hydrogen (secondary N) is 1. The zero-order valence-electron chi connectivity index (χ0n) is 16.0. The molecule has 0 saturated carbocycles. The van der Waals surface area contributed by atoms with Crippen LogP contribution in [0.2, 0.25) is 0 Å². The molecule has 0 bridgehead atoms. The van der Waals surface area contributed by atoms with Crippen LogP contribution in [0.15, 0.2) is 67.0 Å². The molecule has 0 aliphatic heterocycles. The van der Waals surface area contributed by atoms with Crippen LogP contribution in [0.4, 0.5) is 17.2 Å². The minimum absolute atomic E-state index is 0.265. The molecule has 0 fully saturated rings. The zero-order valence-corrected chi connectivity index (χ0v) is 16.0. The van der Waals surface area contributed by atoms with E-state index in [0.717, 1.165) is 10.8 Å². The Morgan fingerprint density at radius 3 is 2.52 bits per heavy atom. The highest BCUT2D eigenvalue weighted by Gasteiger charge is 2.14. The molecule has 1 heterocycles. The Kier molecular flexibility index (Phi) is 5.03. The van der Waals surface area contributed by atoms with E-state index in [1.165, 1.54) is 6.33 Å². The molecule has 0 saturated heterocycles. The maximum Gasteiger partial charge on any atom is 0.248 e. The lowest BCUT2D eigenvalue weighted by molar-refractivity contribution is 0.405. The Morgan fingerprint density at radius 1 is 0.862 bits per heavy atom. The first-order valence-electron chi connectivity index (χ1n) is 8.94. The first kappa shape index (κ1) is 18.4. The van der Waals surface area contributed by atoms with Crippen LogP contribution in [0.1, 0.15) is 0 Å². The SMILES string of the molecule is COc1ccc(OC)c(Nc2ncnc(Oc3cccc4ccccc34)c2N)c1. The predicted octanol–water partition coefficient (Wildman–Crippen LogP) is 4.77. The second kappa shape index (κ2) is 7.93. The van der Waals surface area contributed by atoms with Crippen LogP contribution < -0.4 is 25.3 Å². The van der Waals surface area contributed by atoms with E-state index in [9.17, 15) is 0 Å². The van der Waals surface area contributed by atoms with Gasteiger partial charge in [-0.25, -0.2) is 4.98 Å². The molecule has 0 spiro atoms. The molecule has 146 valence electrons. The number of fused-ring (bicyclic) bond motifs is 1. The van der Waals surface area contributed by atoms with Crippen molar-refractivity contribution in [2.45, 2.75) is 0 Å². The summed E-state index contributed by atoms with van der Waals surface area (Å²) in [5.41, 5.74) is 7.24. The summed E-state index contributed by atoms with van der Waals surface area (Å²) in [6.07, 6.45) is 1.39. The molecular formula is C22H20N4O3. The lowest BCUT2D eigenvalue weighted by Crippen LogP contribution is -2.04. The molecule has 0 aliphatic rings. The van der Waals surface area contributed by atoms with E-state index in [1.807, 2.05) is 48.5 Å². The van der Waals surface area contributed by atoms with Gasteiger partial charge in [-0.1, -0.05) is 36.4 Å². The fourth-order valence-corrected chi connectivity index (χ4v) is 2.99. The number of nitrogens with zero attached hydrogens (tertiary/aromatic N) is 2. The van der Waals surface area contributed by atoms with Crippen molar-refractivity contribution in [2.75, 3.05) is 25.3 Å². The molecule has 4 rings (SSSR count). The van der Waals surface area contributed by atoms with E-state index < -0.39 is 0 Å². The Balaban J connectivity index is 1.68. The number of benzene rings is 3. The van der Waals surface area contributed by atoms with Crippen molar-refractivity contribution in [3.05, 3.63) is 67.0 Å². The molecule has 4 aromatic rings. The Labute approximate surface area is 168 Å². The maximum atomic E-state index is 6.30. The third-order valence-corrected chi connectivity index (χ3v) is 4.46. The molecule has 1 aromatic heterocycles. The van der Waals surface area contributed by atoms with Gasteiger partial charge in [0.25, 0.3) is 0 Å². The molecular weight excluding hydrogens is 368 g/mol. The normalized spacial score (nSPS) is 10.6. The second-order valence-corrected chi connectivity index (χ2v) is 6.21. The van der Waals surface area contributed by atoms with E-state index in [4.69, 9.17) is 19.9 Å².